The summed E-state index contributed by atoms with van der Waals surface area (Å²) in [5.41, 5.74) is 1.66. The molecular formula is C9H7NO. The fourth-order valence-corrected chi connectivity index (χ4v) is 0.731. The molecule has 0 aromatic rings. The van der Waals surface area contributed by atoms with E-state index in [1.165, 1.54) is 6.08 Å². The number of rotatable bonds is 1. The van der Waals surface area contributed by atoms with Crippen LogP contribution in [0.25, 0.3) is 0 Å². The Hall–Kier alpha value is -1.58. The summed E-state index contributed by atoms with van der Waals surface area (Å²) in [6.45, 7) is 1.91. The molecule has 11 heavy (non-hydrogen) atoms. The molecule has 0 heterocycles. The van der Waals surface area contributed by atoms with Crippen molar-refractivity contribution < 1.29 is 4.79 Å². The highest BCUT2D eigenvalue weighted by atomic mass is 16.1. The van der Waals surface area contributed by atoms with Crippen molar-refractivity contribution in [2.75, 3.05) is 0 Å². The molecule has 2 nitrogen and oxygen atoms in total. The third kappa shape index (κ3) is 2.25. The average molecular weight is 145 g/mol. The minimum atomic E-state index is 0.531. The Morgan fingerprint density at radius 3 is 3.18 bits per heavy atom. The second-order valence-electron chi connectivity index (χ2n) is 2.19. The summed E-state index contributed by atoms with van der Waals surface area (Å²) in [4.78, 5) is 13.4. The van der Waals surface area contributed by atoms with Crippen molar-refractivity contribution in [3.63, 3.8) is 0 Å². The zero-order valence-electron chi connectivity index (χ0n) is 6.22. The van der Waals surface area contributed by atoms with Crippen molar-refractivity contribution in [3.8, 4) is 11.8 Å². The molecule has 0 aromatic heterocycles. The van der Waals surface area contributed by atoms with Gasteiger partial charge in [-0.1, -0.05) is 11.8 Å². The third-order valence-electron chi connectivity index (χ3n) is 1.27. The highest BCUT2D eigenvalue weighted by molar-refractivity contribution is 5.41. The van der Waals surface area contributed by atoms with Crippen molar-refractivity contribution >= 4 is 6.08 Å². The first kappa shape index (κ1) is 7.53. The van der Waals surface area contributed by atoms with Gasteiger partial charge < -0.3 is 0 Å². The van der Waals surface area contributed by atoms with Crippen molar-refractivity contribution in [3.05, 3.63) is 23.4 Å². The van der Waals surface area contributed by atoms with Gasteiger partial charge in [0.15, 0.2) is 0 Å². The summed E-state index contributed by atoms with van der Waals surface area (Å²) >= 11 is 0. The maximum Gasteiger partial charge on any atom is 0.240 e. The predicted octanol–water partition coefficient (Wildman–Crippen LogP) is 1.56. The molecule has 0 radical (unpaired) electrons. The molecule has 0 amide bonds. The summed E-state index contributed by atoms with van der Waals surface area (Å²) in [5.74, 6) is 5.77. The number of isocyanates is 1. The van der Waals surface area contributed by atoms with E-state index in [9.17, 15) is 4.79 Å². The minimum Gasteiger partial charge on any atom is -0.211 e. The van der Waals surface area contributed by atoms with Gasteiger partial charge in [-0.25, -0.2) is 4.79 Å². The average Bonchev–Trinajstić information content (AvgIpc) is 2.17. The van der Waals surface area contributed by atoms with Crippen molar-refractivity contribution in [2.24, 2.45) is 4.99 Å². The SMILES string of the molecule is CC1=CC=C(N=C=O)CC#C1. The first-order valence-corrected chi connectivity index (χ1v) is 3.27. The summed E-state index contributed by atoms with van der Waals surface area (Å²) in [6.07, 6.45) is 5.64. The van der Waals surface area contributed by atoms with Crippen LogP contribution in [0.4, 0.5) is 0 Å². The largest absolute Gasteiger partial charge is 0.240 e. The lowest BCUT2D eigenvalue weighted by Gasteiger charge is -1.85. The molecule has 0 atom stereocenters. The molecule has 0 aliphatic heterocycles. The highest BCUT2D eigenvalue weighted by Gasteiger charge is 1.92. The van der Waals surface area contributed by atoms with Gasteiger partial charge in [-0.3, -0.25) is 0 Å². The van der Waals surface area contributed by atoms with E-state index in [4.69, 9.17) is 0 Å². The molecule has 0 fully saturated rings. The van der Waals surface area contributed by atoms with Crippen LogP contribution in [0.3, 0.4) is 0 Å². The Morgan fingerprint density at radius 2 is 2.45 bits per heavy atom. The molecule has 1 aliphatic rings. The molecule has 0 saturated heterocycles. The molecule has 2 heteroatoms. The minimum absolute atomic E-state index is 0.531. The first-order valence-electron chi connectivity index (χ1n) is 3.27. The molecule has 0 spiro atoms. The van der Waals surface area contributed by atoms with Crippen LogP contribution in [0.5, 0.6) is 0 Å². The standard InChI is InChI=1S/C9H7NO/c1-8-3-2-4-9(6-5-8)10-7-11/h5-6H,4H2,1H3. The number of hydrogen-bond donors (Lipinski definition) is 0. The van der Waals surface area contributed by atoms with Gasteiger partial charge in [0.05, 0.1) is 12.1 Å². The fraction of sp³-hybridized carbons (Fsp3) is 0.222. The smallest absolute Gasteiger partial charge is 0.211 e. The zero-order chi connectivity index (χ0) is 8.10. The lowest BCUT2D eigenvalue weighted by atomic mass is 10.3. The summed E-state index contributed by atoms with van der Waals surface area (Å²) in [7, 11) is 0. The molecule has 0 aromatic carbocycles. The molecule has 1 aliphatic carbocycles. The van der Waals surface area contributed by atoms with E-state index in [1.54, 1.807) is 6.08 Å². The van der Waals surface area contributed by atoms with Crippen molar-refractivity contribution in [1.82, 2.24) is 0 Å². The van der Waals surface area contributed by atoms with E-state index in [2.05, 4.69) is 16.8 Å². The predicted molar refractivity (Wildman–Crippen MR) is 42.4 cm³/mol. The molecule has 0 saturated carbocycles. The van der Waals surface area contributed by atoms with Gasteiger partial charge in [0, 0.05) is 0 Å². The van der Waals surface area contributed by atoms with E-state index >= 15 is 0 Å². The lowest BCUT2D eigenvalue weighted by molar-refractivity contribution is 0.564. The topological polar surface area (TPSA) is 29.4 Å². The van der Waals surface area contributed by atoms with Gasteiger partial charge >= 0.3 is 0 Å². The maximum absolute atomic E-state index is 9.87. The third-order valence-corrected chi connectivity index (χ3v) is 1.27. The Balaban J connectivity index is 2.90. The number of allylic oxidation sites excluding steroid dienone is 4. The van der Waals surface area contributed by atoms with Crippen LogP contribution in [-0.4, -0.2) is 6.08 Å². The van der Waals surface area contributed by atoms with Crippen molar-refractivity contribution in [1.29, 1.82) is 0 Å². The van der Waals surface area contributed by atoms with Crippen LogP contribution in [0, 0.1) is 11.8 Å². The second-order valence-corrected chi connectivity index (χ2v) is 2.19. The second kappa shape index (κ2) is 3.55. The zero-order valence-corrected chi connectivity index (χ0v) is 6.22. The maximum atomic E-state index is 9.87. The summed E-state index contributed by atoms with van der Waals surface area (Å²) in [5, 5.41) is 0. The van der Waals surface area contributed by atoms with E-state index in [0.717, 1.165) is 5.57 Å². The van der Waals surface area contributed by atoms with Crippen molar-refractivity contribution in [2.45, 2.75) is 13.3 Å². The van der Waals surface area contributed by atoms with Crippen LogP contribution < -0.4 is 0 Å². The number of aliphatic imine (C=N–C) groups is 1. The lowest BCUT2D eigenvalue weighted by Crippen LogP contribution is -1.72. The Labute approximate surface area is 65.3 Å². The van der Waals surface area contributed by atoms with Crippen LogP contribution in [0.2, 0.25) is 0 Å². The molecule has 0 bridgehead atoms. The normalized spacial score (nSPS) is 14.6. The molecule has 0 N–H and O–H groups in total. The van der Waals surface area contributed by atoms with Gasteiger partial charge in [0.2, 0.25) is 6.08 Å². The van der Waals surface area contributed by atoms with Gasteiger partial charge in [-0.05, 0) is 24.6 Å². The van der Waals surface area contributed by atoms with Crippen LogP contribution in [0.1, 0.15) is 13.3 Å². The van der Waals surface area contributed by atoms with Gasteiger partial charge in [0.25, 0.3) is 0 Å². The van der Waals surface area contributed by atoms with E-state index in [1.807, 2.05) is 13.0 Å². The molecule has 54 valence electrons. The Morgan fingerprint density at radius 1 is 1.64 bits per heavy atom. The number of carbonyl (C=O) groups excluding carboxylic acids is 1. The molecular weight excluding hydrogens is 138 g/mol. The van der Waals surface area contributed by atoms with Gasteiger partial charge in [-0.15, -0.1) is 0 Å². The summed E-state index contributed by atoms with van der Waals surface area (Å²) < 4.78 is 0. The van der Waals surface area contributed by atoms with Gasteiger partial charge in [-0.2, -0.15) is 4.99 Å². The highest BCUT2D eigenvalue weighted by Crippen LogP contribution is 2.06. The fourth-order valence-electron chi connectivity index (χ4n) is 0.731. The van der Waals surface area contributed by atoms with Gasteiger partial charge in [0.1, 0.15) is 0 Å². The Bertz CT molecular complexity index is 319. The quantitative estimate of drug-likeness (QED) is 0.313. The van der Waals surface area contributed by atoms with Crippen LogP contribution in [0.15, 0.2) is 28.4 Å². The van der Waals surface area contributed by atoms with Crippen LogP contribution in [-0.2, 0) is 4.79 Å². The first-order chi connectivity index (χ1) is 5.33. The summed E-state index contributed by atoms with van der Waals surface area (Å²) in [6, 6.07) is 0. The monoisotopic (exact) mass is 145 g/mol. The molecule has 1 rings (SSSR count). The van der Waals surface area contributed by atoms with Crippen LogP contribution >= 0.6 is 0 Å². The van der Waals surface area contributed by atoms with E-state index < -0.39 is 0 Å². The molecule has 0 unspecified atom stereocenters. The number of hydrogen-bond acceptors (Lipinski definition) is 2. The Kier molecular flexibility index (Phi) is 2.43. The van der Waals surface area contributed by atoms with E-state index in [0.29, 0.717) is 12.1 Å². The van der Waals surface area contributed by atoms with E-state index in [-0.39, 0.29) is 0 Å². The number of nitrogens with zero attached hydrogens (tertiary/aromatic N) is 1.